The Balaban J connectivity index is 2.78. The van der Waals surface area contributed by atoms with Crippen LogP contribution in [-0.4, -0.2) is 54.8 Å². The van der Waals surface area contributed by atoms with E-state index < -0.39 is 32.4 Å². The van der Waals surface area contributed by atoms with Gasteiger partial charge in [0.25, 0.3) is 20.2 Å². The van der Waals surface area contributed by atoms with E-state index in [9.17, 15) is 16.8 Å². The van der Waals surface area contributed by atoms with Gasteiger partial charge in [-0.15, -0.1) is 0 Å². The summed E-state index contributed by atoms with van der Waals surface area (Å²) >= 11 is 0. The molecular formula is C8H16O7S2. The molecule has 0 bridgehead atoms. The first-order valence-electron chi connectivity index (χ1n) is 4.90. The van der Waals surface area contributed by atoms with Crippen LogP contribution in [-0.2, 0) is 33.3 Å². The quantitative estimate of drug-likeness (QED) is 0.628. The van der Waals surface area contributed by atoms with Crippen LogP contribution in [0.1, 0.15) is 12.8 Å². The lowest BCUT2D eigenvalue weighted by Gasteiger charge is -2.17. The maximum absolute atomic E-state index is 11.0. The molecule has 0 amide bonds. The summed E-state index contributed by atoms with van der Waals surface area (Å²) in [6.45, 7) is 0. The maximum atomic E-state index is 11.0. The van der Waals surface area contributed by atoms with Crippen LogP contribution in [0.15, 0.2) is 0 Å². The van der Waals surface area contributed by atoms with Crippen molar-refractivity contribution in [1.82, 2.24) is 0 Å². The Kier molecular flexibility index (Phi) is 4.53. The molecule has 9 heteroatoms. The van der Waals surface area contributed by atoms with Crippen molar-refractivity contribution in [3.8, 4) is 0 Å². The van der Waals surface area contributed by atoms with Crippen LogP contribution < -0.4 is 0 Å². The van der Waals surface area contributed by atoms with Crippen molar-refractivity contribution in [2.24, 2.45) is 0 Å². The lowest BCUT2D eigenvalue weighted by Crippen LogP contribution is -2.30. The van der Waals surface area contributed by atoms with Crippen LogP contribution in [0.2, 0.25) is 0 Å². The molecule has 1 aliphatic carbocycles. The standard InChI is InChI=1S/C8H16O7S2/c1-13-6-4-7(14-16(2,9)10)8(5-6)15-17(3,11)12/h6-8H,4-5H2,1-3H3. The van der Waals surface area contributed by atoms with Crippen LogP contribution in [0.4, 0.5) is 0 Å². The highest BCUT2D eigenvalue weighted by atomic mass is 32.2. The number of hydrogen-bond donors (Lipinski definition) is 0. The Bertz CT molecular complexity index is 410. The van der Waals surface area contributed by atoms with Gasteiger partial charge in [-0.25, -0.2) is 0 Å². The van der Waals surface area contributed by atoms with Crippen molar-refractivity contribution in [2.75, 3.05) is 19.6 Å². The summed E-state index contributed by atoms with van der Waals surface area (Å²) in [5.74, 6) is 0. The lowest BCUT2D eigenvalue weighted by molar-refractivity contribution is 0.0887. The zero-order valence-electron chi connectivity index (χ0n) is 9.82. The molecule has 1 rings (SSSR count). The van der Waals surface area contributed by atoms with Crippen molar-refractivity contribution in [3.63, 3.8) is 0 Å². The fourth-order valence-electron chi connectivity index (χ4n) is 1.76. The first kappa shape index (κ1) is 14.8. The molecule has 102 valence electrons. The summed E-state index contributed by atoms with van der Waals surface area (Å²) in [6, 6.07) is 0. The summed E-state index contributed by atoms with van der Waals surface area (Å²) in [6.07, 6.45) is 0.450. The van der Waals surface area contributed by atoms with Crippen LogP contribution in [0.5, 0.6) is 0 Å². The summed E-state index contributed by atoms with van der Waals surface area (Å²) in [5.41, 5.74) is 0. The van der Waals surface area contributed by atoms with Gasteiger partial charge in [0, 0.05) is 20.0 Å². The van der Waals surface area contributed by atoms with Crippen molar-refractivity contribution in [1.29, 1.82) is 0 Å². The average molecular weight is 288 g/mol. The van der Waals surface area contributed by atoms with Gasteiger partial charge in [-0.2, -0.15) is 16.8 Å². The predicted molar refractivity (Wildman–Crippen MR) is 59.5 cm³/mol. The number of ether oxygens (including phenoxy) is 1. The summed E-state index contributed by atoms with van der Waals surface area (Å²) < 4.78 is 58.7. The van der Waals surface area contributed by atoms with Crippen LogP contribution in [0, 0.1) is 0 Å². The topological polar surface area (TPSA) is 96.0 Å². The van der Waals surface area contributed by atoms with Gasteiger partial charge in [0.2, 0.25) is 0 Å². The molecule has 0 N–H and O–H groups in total. The fourth-order valence-corrected chi connectivity index (χ4v) is 3.07. The normalized spacial score (nSPS) is 30.6. The van der Waals surface area contributed by atoms with Gasteiger partial charge in [-0.05, 0) is 0 Å². The minimum atomic E-state index is -3.66. The Labute approximate surface area is 101 Å². The van der Waals surface area contributed by atoms with Gasteiger partial charge in [0.05, 0.1) is 18.6 Å². The number of rotatable bonds is 5. The Morgan fingerprint density at radius 1 is 0.882 bits per heavy atom. The first-order valence-corrected chi connectivity index (χ1v) is 8.53. The molecule has 0 aromatic rings. The molecule has 2 atom stereocenters. The zero-order chi connectivity index (χ0) is 13.3. The monoisotopic (exact) mass is 288 g/mol. The smallest absolute Gasteiger partial charge is 0.264 e. The molecule has 0 saturated heterocycles. The van der Waals surface area contributed by atoms with Crippen molar-refractivity contribution < 1.29 is 29.9 Å². The highest BCUT2D eigenvalue weighted by Crippen LogP contribution is 2.29. The second-order valence-corrected chi connectivity index (χ2v) is 7.21. The number of methoxy groups -OCH3 is 1. The predicted octanol–water partition coefficient (Wildman–Crippen LogP) is -0.515. The second kappa shape index (κ2) is 5.19. The Morgan fingerprint density at radius 2 is 1.24 bits per heavy atom. The van der Waals surface area contributed by atoms with E-state index in [4.69, 9.17) is 13.1 Å². The van der Waals surface area contributed by atoms with E-state index in [1.165, 1.54) is 7.11 Å². The van der Waals surface area contributed by atoms with E-state index in [0.717, 1.165) is 12.5 Å². The molecule has 0 spiro atoms. The molecule has 1 fully saturated rings. The molecule has 2 unspecified atom stereocenters. The fraction of sp³-hybridized carbons (Fsp3) is 1.00. The third-order valence-corrected chi connectivity index (χ3v) is 3.53. The molecule has 0 heterocycles. The molecule has 0 aliphatic heterocycles. The van der Waals surface area contributed by atoms with E-state index >= 15 is 0 Å². The summed E-state index contributed by atoms with van der Waals surface area (Å²) in [4.78, 5) is 0. The minimum absolute atomic E-state index is 0.270. The largest absolute Gasteiger partial charge is 0.381 e. The third kappa shape index (κ3) is 5.30. The van der Waals surface area contributed by atoms with Gasteiger partial charge in [-0.1, -0.05) is 0 Å². The maximum Gasteiger partial charge on any atom is 0.264 e. The van der Waals surface area contributed by atoms with Crippen molar-refractivity contribution in [2.45, 2.75) is 31.2 Å². The molecular weight excluding hydrogens is 272 g/mol. The Hall–Kier alpha value is -0.220. The van der Waals surface area contributed by atoms with Gasteiger partial charge >= 0.3 is 0 Å². The van der Waals surface area contributed by atoms with Crippen LogP contribution in [0.25, 0.3) is 0 Å². The van der Waals surface area contributed by atoms with E-state index in [0.29, 0.717) is 0 Å². The SMILES string of the molecule is COC1CC(OS(C)(=O)=O)C(OS(C)(=O)=O)C1. The summed E-state index contributed by atoms with van der Waals surface area (Å²) in [7, 11) is -5.85. The molecule has 0 radical (unpaired) electrons. The highest BCUT2D eigenvalue weighted by Gasteiger charge is 2.40. The van der Waals surface area contributed by atoms with Gasteiger partial charge < -0.3 is 4.74 Å². The van der Waals surface area contributed by atoms with Gasteiger partial charge in [0.15, 0.2) is 0 Å². The van der Waals surface area contributed by atoms with Crippen LogP contribution in [0.3, 0.4) is 0 Å². The molecule has 1 aliphatic rings. The minimum Gasteiger partial charge on any atom is -0.381 e. The van der Waals surface area contributed by atoms with Gasteiger partial charge in [0.1, 0.15) is 12.2 Å². The highest BCUT2D eigenvalue weighted by molar-refractivity contribution is 7.86. The van der Waals surface area contributed by atoms with E-state index in [-0.39, 0.29) is 18.9 Å². The van der Waals surface area contributed by atoms with Gasteiger partial charge in [-0.3, -0.25) is 8.37 Å². The lowest BCUT2D eigenvalue weighted by atomic mass is 10.3. The summed E-state index contributed by atoms with van der Waals surface area (Å²) in [5, 5.41) is 0. The van der Waals surface area contributed by atoms with E-state index in [1.54, 1.807) is 0 Å². The molecule has 17 heavy (non-hydrogen) atoms. The zero-order valence-corrected chi connectivity index (χ0v) is 11.5. The van der Waals surface area contributed by atoms with Crippen LogP contribution >= 0.6 is 0 Å². The molecule has 0 aromatic heterocycles. The second-order valence-electron chi connectivity index (χ2n) is 4.01. The molecule has 1 saturated carbocycles. The average Bonchev–Trinajstić information content (AvgIpc) is 2.42. The van der Waals surface area contributed by atoms with Crippen molar-refractivity contribution in [3.05, 3.63) is 0 Å². The van der Waals surface area contributed by atoms with E-state index in [1.807, 2.05) is 0 Å². The molecule has 7 nitrogen and oxygen atoms in total. The third-order valence-electron chi connectivity index (χ3n) is 2.34. The molecule has 0 aromatic carbocycles. The Morgan fingerprint density at radius 3 is 1.47 bits per heavy atom. The first-order chi connectivity index (χ1) is 7.61. The van der Waals surface area contributed by atoms with Crippen molar-refractivity contribution >= 4 is 20.2 Å². The van der Waals surface area contributed by atoms with E-state index in [2.05, 4.69) is 0 Å². The number of hydrogen-bond acceptors (Lipinski definition) is 7.